The van der Waals surface area contributed by atoms with Crippen molar-refractivity contribution < 1.29 is 30.0 Å². The van der Waals surface area contributed by atoms with Crippen molar-refractivity contribution in [2.24, 2.45) is 0 Å². The van der Waals surface area contributed by atoms with E-state index >= 15 is 0 Å². The summed E-state index contributed by atoms with van der Waals surface area (Å²) < 4.78 is 0. The van der Waals surface area contributed by atoms with Gasteiger partial charge in [0.05, 0.1) is 11.1 Å². The summed E-state index contributed by atoms with van der Waals surface area (Å²) >= 11 is 0. The zero-order valence-electron chi connectivity index (χ0n) is 17.0. The van der Waals surface area contributed by atoms with Gasteiger partial charge in [-0.1, -0.05) is 60.7 Å². The molecular weight excluding hydrogens is 408 g/mol. The van der Waals surface area contributed by atoms with Crippen molar-refractivity contribution >= 4 is 11.9 Å². The first-order valence-electron chi connectivity index (χ1n) is 9.52. The van der Waals surface area contributed by atoms with Crippen LogP contribution < -0.4 is 0 Å². The molecule has 4 aromatic rings. The van der Waals surface area contributed by atoms with E-state index in [2.05, 4.69) is 48.5 Å². The van der Waals surface area contributed by atoms with Crippen LogP contribution in [0.4, 0.5) is 0 Å². The monoisotopic (exact) mass is 430 g/mol. The van der Waals surface area contributed by atoms with Gasteiger partial charge in [-0.3, -0.25) is 0 Å². The first-order chi connectivity index (χ1) is 15.4. The van der Waals surface area contributed by atoms with E-state index in [4.69, 9.17) is 20.4 Å². The van der Waals surface area contributed by atoms with Crippen LogP contribution in [0.25, 0.3) is 11.1 Å². The predicted octanol–water partition coefficient (Wildman–Crippen LogP) is 5.53. The summed E-state index contributed by atoms with van der Waals surface area (Å²) in [4.78, 5) is 20.5. The number of aromatic carboxylic acids is 2. The molecule has 0 heterocycles. The Labute approximate surface area is 185 Å². The maximum atomic E-state index is 10.2. The first kappa shape index (κ1) is 23.7. The number of rotatable bonds is 3. The van der Waals surface area contributed by atoms with E-state index in [1.807, 2.05) is 12.1 Å². The number of phenolic OH excluding ortho intramolecular Hbond substituents is 2. The molecule has 0 fully saturated rings. The van der Waals surface area contributed by atoms with Gasteiger partial charge in [0.15, 0.2) is 0 Å². The number of phenols is 2. The van der Waals surface area contributed by atoms with Crippen molar-refractivity contribution in [1.29, 1.82) is 0 Å². The normalized spacial score (nSPS) is 9.38. The Kier molecular flexibility index (Phi) is 9.03. The van der Waals surface area contributed by atoms with E-state index in [0.717, 1.165) is 0 Å². The minimum absolute atomic E-state index is 0.0741. The van der Waals surface area contributed by atoms with Crippen LogP contribution in [0.5, 0.6) is 11.5 Å². The molecule has 0 unspecified atom stereocenters. The third-order valence-corrected chi connectivity index (χ3v) is 4.11. The average molecular weight is 430 g/mol. The molecule has 4 N–H and O–H groups in total. The van der Waals surface area contributed by atoms with Gasteiger partial charge in [0.2, 0.25) is 0 Å². The molecule has 0 amide bonds. The quantitative estimate of drug-likeness (QED) is 0.339. The molecule has 0 aliphatic heterocycles. The van der Waals surface area contributed by atoms with Gasteiger partial charge >= 0.3 is 11.9 Å². The second kappa shape index (κ2) is 12.2. The van der Waals surface area contributed by atoms with Gasteiger partial charge in [-0.2, -0.15) is 0 Å². The molecule has 6 nitrogen and oxygen atoms in total. The van der Waals surface area contributed by atoms with Crippen molar-refractivity contribution in [3.63, 3.8) is 0 Å². The molecule has 32 heavy (non-hydrogen) atoms. The van der Waals surface area contributed by atoms with E-state index in [1.165, 1.54) is 59.7 Å². The van der Waals surface area contributed by atoms with E-state index in [9.17, 15) is 9.59 Å². The predicted molar refractivity (Wildman–Crippen MR) is 122 cm³/mol. The van der Waals surface area contributed by atoms with Crippen LogP contribution in [0, 0.1) is 0 Å². The lowest BCUT2D eigenvalue weighted by molar-refractivity contribution is 0.0686. The highest BCUT2D eigenvalue weighted by Gasteiger charge is 2.00. The van der Waals surface area contributed by atoms with Crippen LogP contribution in [-0.2, 0) is 0 Å². The molecule has 162 valence electrons. The number of hydrogen-bond acceptors (Lipinski definition) is 4. The van der Waals surface area contributed by atoms with E-state index in [0.29, 0.717) is 0 Å². The van der Waals surface area contributed by atoms with E-state index in [-0.39, 0.29) is 22.6 Å². The second-order valence-electron chi connectivity index (χ2n) is 6.44. The molecule has 0 saturated carbocycles. The summed E-state index contributed by atoms with van der Waals surface area (Å²) in [7, 11) is 0. The van der Waals surface area contributed by atoms with Crippen LogP contribution >= 0.6 is 0 Å². The molecule has 0 saturated heterocycles. The van der Waals surface area contributed by atoms with Gasteiger partial charge in [-0.15, -0.1) is 0 Å². The van der Waals surface area contributed by atoms with Gasteiger partial charge in [-0.05, 0) is 59.7 Å². The molecule has 0 spiro atoms. The molecule has 0 radical (unpaired) electrons. The molecule has 0 atom stereocenters. The Balaban J connectivity index is 0.000000171. The first-order valence-corrected chi connectivity index (χ1v) is 9.52. The lowest BCUT2D eigenvalue weighted by atomic mass is 10.1. The largest absolute Gasteiger partial charge is 0.508 e. The number of hydrogen-bond donors (Lipinski definition) is 4. The Morgan fingerprint density at radius 1 is 0.438 bits per heavy atom. The van der Waals surface area contributed by atoms with Crippen molar-refractivity contribution in [3.8, 4) is 22.6 Å². The fourth-order valence-corrected chi connectivity index (χ4v) is 2.47. The zero-order valence-corrected chi connectivity index (χ0v) is 17.0. The fraction of sp³-hybridized carbons (Fsp3) is 0. The highest BCUT2D eigenvalue weighted by molar-refractivity contribution is 5.88. The van der Waals surface area contributed by atoms with Gasteiger partial charge in [0.1, 0.15) is 11.5 Å². The maximum absolute atomic E-state index is 10.2. The topological polar surface area (TPSA) is 115 Å². The summed E-state index contributed by atoms with van der Waals surface area (Å²) in [5.74, 6) is -1.82. The molecule has 0 aliphatic carbocycles. The Morgan fingerprint density at radius 2 is 0.719 bits per heavy atom. The number of carbonyl (C=O) groups is 2. The zero-order chi connectivity index (χ0) is 23.3. The molecule has 4 rings (SSSR count). The highest BCUT2D eigenvalue weighted by atomic mass is 16.4. The SMILES string of the molecule is O=C(O)c1ccc(O)cc1.O=C(O)c1ccc(O)cc1.c1ccc(-c2ccccc2)cc1. The van der Waals surface area contributed by atoms with Gasteiger partial charge in [0.25, 0.3) is 0 Å². The van der Waals surface area contributed by atoms with Crippen LogP contribution in [0.2, 0.25) is 0 Å². The third-order valence-electron chi connectivity index (χ3n) is 4.11. The van der Waals surface area contributed by atoms with Crippen molar-refractivity contribution in [2.75, 3.05) is 0 Å². The van der Waals surface area contributed by atoms with Crippen molar-refractivity contribution in [1.82, 2.24) is 0 Å². The van der Waals surface area contributed by atoms with E-state index < -0.39 is 11.9 Å². The number of aromatic hydroxyl groups is 2. The van der Waals surface area contributed by atoms with Crippen LogP contribution in [-0.4, -0.2) is 32.4 Å². The standard InChI is InChI=1S/C12H10.2C7H6O3/c1-3-7-11(8-4-1)12-9-5-2-6-10-12;2*8-6-3-1-5(2-4-6)7(9)10/h1-10H;2*1-4,8H,(H,9,10). The summed E-state index contributed by atoms with van der Waals surface area (Å²) in [6.07, 6.45) is 0. The molecule has 0 aromatic heterocycles. The second-order valence-corrected chi connectivity index (χ2v) is 6.44. The number of carboxylic acids is 2. The van der Waals surface area contributed by atoms with Crippen LogP contribution in [0.3, 0.4) is 0 Å². The van der Waals surface area contributed by atoms with Crippen LogP contribution in [0.1, 0.15) is 20.7 Å². The van der Waals surface area contributed by atoms with E-state index in [1.54, 1.807) is 0 Å². The fourth-order valence-electron chi connectivity index (χ4n) is 2.47. The third kappa shape index (κ3) is 8.04. The Hall–Kier alpha value is -4.58. The minimum atomic E-state index is -0.986. The Bertz CT molecular complexity index is 1010. The molecule has 0 aliphatic rings. The molecule has 6 heteroatoms. The molecule has 4 aromatic carbocycles. The van der Waals surface area contributed by atoms with Gasteiger partial charge < -0.3 is 20.4 Å². The van der Waals surface area contributed by atoms with Gasteiger partial charge in [-0.25, -0.2) is 9.59 Å². The number of benzene rings is 4. The van der Waals surface area contributed by atoms with Crippen LogP contribution in [0.15, 0.2) is 109 Å². The highest BCUT2D eigenvalue weighted by Crippen LogP contribution is 2.17. The average Bonchev–Trinajstić information content (AvgIpc) is 2.82. The minimum Gasteiger partial charge on any atom is -0.508 e. The van der Waals surface area contributed by atoms with Crippen molar-refractivity contribution in [3.05, 3.63) is 120 Å². The maximum Gasteiger partial charge on any atom is 0.335 e. The smallest absolute Gasteiger partial charge is 0.335 e. The van der Waals surface area contributed by atoms with Gasteiger partial charge in [0, 0.05) is 0 Å². The summed E-state index contributed by atoms with van der Waals surface area (Å²) in [6.45, 7) is 0. The lowest BCUT2D eigenvalue weighted by Gasteiger charge is -1.98. The lowest BCUT2D eigenvalue weighted by Crippen LogP contribution is -1.93. The summed E-state index contributed by atoms with van der Waals surface area (Å²) in [6, 6.07) is 31.5. The molecular formula is C26H22O6. The number of carboxylic acid groups (broad SMARTS) is 2. The van der Waals surface area contributed by atoms with Crippen molar-refractivity contribution in [2.45, 2.75) is 0 Å². The summed E-state index contributed by atoms with van der Waals surface area (Å²) in [5.41, 5.74) is 2.91. The molecule has 0 bridgehead atoms. The summed E-state index contributed by atoms with van der Waals surface area (Å²) in [5, 5.41) is 34.3. The Morgan fingerprint density at radius 3 is 0.969 bits per heavy atom.